The van der Waals surface area contributed by atoms with Crippen molar-refractivity contribution in [1.29, 1.82) is 0 Å². The summed E-state index contributed by atoms with van der Waals surface area (Å²) in [4.78, 5) is 29.5. The van der Waals surface area contributed by atoms with E-state index in [-0.39, 0.29) is 5.75 Å². The lowest BCUT2D eigenvalue weighted by Gasteiger charge is -2.21. The zero-order valence-corrected chi connectivity index (χ0v) is 18.9. The van der Waals surface area contributed by atoms with E-state index in [0.29, 0.717) is 18.8 Å². The van der Waals surface area contributed by atoms with E-state index < -0.39 is 11.8 Å². The van der Waals surface area contributed by atoms with Crippen molar-refractivity contribution in [2.24, 2.45) is 5.73 Å². The van der Waals surface area contributed by atoms with Gasteiger partial charge in [-0.25, -0.2) is 0 Å². The number of carbonyl (C=O) groups is 2. The molecule has 0 radical (unpaired) electrons. The van der Waals surface area contributed by atoms with Gasteiger partial charge in [-0.3, -0.25) is 14.6 Å². The molecule has 2 aromatic heterocycles. The van der Waals surface area contributed by atoms with E-state index in [1.54, 1.807) is 18.5 Å². The molecule has 0 unspecified atom stereocenters. The molecular formula is C26H26N4O3. The van der Waals surface area contributed by atoms with E-state index in [0.717, 1.165) is 38.9 Å². The molecular weight excluding hydrogens is 416 g/mol. The van der Waals surface area contributed by atoms with Gasteiger partial charge >= 0.3 is 11.8 Å². The van der Waals surface area contributed by atoms with E-state index in [1.807, 2.05) is 63.2 Å². The molecule has 3 N–H and O–H groups in total. The number of aromatic nitrogens is 2. The van der Waals surface area contributed by atoms with Gasteiger partial charge in [0.15, 0.2) is 0 Å². The number of fused-ring (bicyclic) bond motifs is 1. The Balaban J connectivity index is 1.81. The number of hydrogen-bond donors (Lipinski definition) is 2. The zero-order valence-electron chi connectivity index (χ0n) is 18.9. The number of rotatable bonds is 5. The van der Waals surface area contributed by atoms with Gasteiger partial charge in [0.2, 0.25) is 0 Å². The molecule has 168 valence electrons. The molecule has 0 saturated heterocycles. The molecule has 7 nitrogen and oxygen atoms in total. The molecule has 7 heteroatoms. The number of aryl methyl sites for hydroxylation is 2. The van der Waals surface area contributed by atoms with Gasteiger partial charge in [-0.2, -0.15) is 0 Å². The predicted octanol–water partition coefficient (Wildman–Crippen LogP) is 3.91. The maximum Gasteiger partial charge on any atom is 0.316 e. The van der Waals surface area contributed by atoms with E-state index in [9.17, 15) is 14.7 Å². The topological polar surface area (TPSA) is 101 Å². The number of amides is 2. The van der Waals surface area contributed by atoms with E-state index in [1.165, 1.54) is 4.90 Å². The maximum absolute atomic E-state index is 12.4. The van der Waals surface area contributed by atoms with E-state index in [4.69, 9.17) is 5.73 Å². The van der Waals surface area contributed by atoms with Crippen LogP contribution in [-0.2, 0) is 16.1 Å². The third kappa shape index (κ3) is 4.05. The molecule has 2 aromatic carbocycles. The molecule has 0 spiro atoms. The predicted molar refractivity (Wildman–Crippen MR) is 129 cm³/mol. The molecule has 0 atom stereocenters. The summed E-state index contributed by atoms with van der Waals surface area (Å²) in [6.07, 6.45) is 3.42. The number of phenols is 1. The van der Waals surface area contributed by atoms with Crippen molar-refractivity contribution >= 4 is 28.4 Å². The fourth-order valence-electron chi connectivity index (χ4n) is 4.28. The van der Waals surface area contributed by atoms with Crippen molar-refractivity contribution < 1.29 is 14.7 Å². The second kappa shape index (κ2) is 8.78. The van der Waals surface area contributed by atoms with Crippen LogP contribution in [0, 0.1) is 13.8 Å². The largest absolute Gasteiger partial charge is 0.507 e. The van der Waals surface area contributed by atoms with Crippen molar-refractivity contribution in [1.82, 2.24) is 9.55 Å². The molecule has 0 aliphatic carbocycles. The van der Waals surface area contributed by atoms with Gasteiger partial charge in [0, 0.05) is 47.7 Å². The SMILES string of the molecule is CCN(C(=O)C(N)=O)c1ccc(C)c2c1cc(C)n2Cc1ccc(O)c(-c2cccnc2)c1. The van der Waals surface area contributed by atoms with Gasteiger partial charge in [0.25, 0.3) is 0 Å². The summed E-state index contributed by atoms with van der Waals surface area (Å²) < 4.78 is 2.18. The van der Waals surface area contributed by atoms with Crippen molar-refractivity contribution in [2.45, 2.75) is 27.3 Å². The van der Waals surface area contributed by atoms with E-state index in [2.05, 4.69) is 9.55 Å². The highest BCUT2D eigenvalue weighted by atomic mass is 16.3. The highest BCUT2D eigenvalue weighted by Crippen LogP contribution is 2.34. The van der Waals surface area contributed by atoms with Crippen LogP contribution in [-0.4, -0.2) is 33.0 Å². The van der Waals surface area contributed by atoms with Crippen molar-refractivity contribution in [3.63, 3.8) is 0 Å². The standard InChI is InChI=1S/C26H26N4O3/c1-4-29(26(33)25(27)32)22-9-7-16(2)24-21(22)12-17(3)30(24)15-18-8-10-23(31)20(13-18)19-6-5-11-28-14-19/h5-14,31H,4,15H2,1-3H3,(H2,27,32). The lowest BCUT2D eigenvalue weighted by atomic mass is 10.0. The molecule has 0 aliphatic rings. The number of carbonyl (C=O) groups excluding carboxylic acids is 2. The third-order valence-corrected chi connectivity index (χ3v) is 5.88. The van der Waals surface area contributed by atoms with Gasteiger partial charge in [-0.05, 0) is 62.2 Å². The van der Waals surface area contributed by atoms with Crippen LogP contribution in [0.4, 0.5) is 5.69 Å². The number of likely N-dealkylation sites (N-methyl/N-ethyl adjacent to an activating group) is 1. The molecule has 4 aromatic rings. The number of pyridine rings is 1. The zero-order chi connectivity index (χ0) is 23.7. The number of aromatic hydroxyl groups is 1. The Hall–Kier alpha value is -4.13. The fraction of sp³-hybridized carbons (Fsp3) is 0.192. The first-order valence-corrected chi connectivity index (χ1v) is 10.7. The molecule has 0 saturated carbocycles. The number of hydrogen-bond acceptors (Lipinski definition) is 4. The number of nitrogens with zero attached hydrogens (tertiary/aromatic N) is 3. The molecule has 0 fully saturated rings. The third-order valence-electron chi connectivity index (χ3n) is 5.88. The summed E-state index contributed by atoms with van der Waals surface area (Å²) in [7, 11) is 0. The average molecular weight is 443 g/mol. The first-order chi connectivity index (χ1) is 15.8. The fourth-order valence-corrected chi connectivity index (χ4v) is 4.28. The van der Waals surface area contributed by atoms with Crippen LogP contribution in [0.25, 0.3) is 22.0 Å². The minimum absolute atomic E-state index is 0.197. The van der Waals surface area contributed by atoms with Crippen LogP contribution < -0.4 is 10.6 Å². The quantitative estimate of drug-likeness (QED) is 0.458. The van der Waals surface area contributed by atoms with Crippen molar-refractivity contribution in [3.05, 3.63) is 77.7 Å². The molecule has 2 heterocycles. The minimum Gasteiger partial charge on any atom is -0.507 e. The highest BCUT2D eigenvalue weighted by molar-refractivity contribution is 6.40. The van der Waals surface area contributed by atoms with Crippen LogP contribution in [0.2, 0.25) is 0 Å². The van der Waals surface area contributed by atoms with Gasteiger partial charge < -0.3 is 20.3 Å². The Kier molecular flexibility index (Phi) is 5.87. The molecule has 0 aliphatic heterocycles. The Morgan fingerprint density at radius 3 is 2.58 bits per heavy atom. The Bertz CT molecular complexity index is 1360. The Labute approximate surface area is 192 Å². The van der Waals surface area contributed by atoms with Crippen LogP contribution >= 0.6 is 0 Å². The number of phenolic OH excluding ortho intramolecular Hbond substituents is 1. The lowest BCUT2D eigenvalue weighted by molar-refractivity contribution is -0.135. The minimum atomic E-state index is -0.978. The van der Waals surface area contributed by atoms with Crippen LogP contribution in [0.3, 0.4) is 0 Å². The van der Waals surface area contributed by atoms with Gasteiger partial charge in [-0.15, -0.1) is 0 Å². The summed E-state index contributed by atoms with van der Waals surface area (Å²) in [6, 6.07) is 15.1. The highest BCUT2D eigenvalue weighted by Gasteiger charge is 2.23. The normalized spacial score (nSPS) is 11.0. The summed E-state index contributed by atoms with van der Waals surface area (Å²) in [5, 5.41) is 11.3. The van der Waals surface area contributed by atoms with Crippen molar-refractivity contribution in [3.8, 4) is 16.9 Å². The Morgan fingerprint density at radius 1 is 1.12 bits per heavy atom. The number of benzene rings is 2. The molecule has 4 rings (SSSR count). The summed E-state index contributed by atoms with van der Waals surface area (Å²) >= 11 is 0. The Morgan fingerprint density at radius 2 is 1.91 bits per heavy atom. The molecule has 33 heavy (non-hydrogen) atoms. The summed E-state index contributed by atoms with van der Waals surface area (Å²) in [6.45, 7) is 6.75. The lowest BCUT2D eigenvalue weighted by Crippen LogP contribution is -2.40. The number of anilines is 1. The van der Waals surface area contributed by atoms with Gasteiger partial charge in [0.05, 0.1) is 11.2 Å². The molecule has 0 bridgehead atoms. The van der Waals surface area contributed by atoms with Crippen LogP contribution in [0.15, 0.2) is 60.9 Å². The monoisotopic (exact) mass is 442 g/mol. The van der Waals surface area contributed by atoms with E-state index >= 15 is 0 Å². The molecule has 2 amide bonds. The second-order valence-electron chi connectivity index (χ2n) is 8.04. The number of primary amides is 1. The smallest absolute Gasteiger partial charge is 0.316 e. The maximum atomic E-state index is 12.4. The van der Waals surface area contributed by atoms with Gasteiger partial charge in [0.1, 0.15) is 5.75 Å². The van der Waals surface area contributed by atoms with Crippen LogP contribution in [0.1, 0.15) is 23.7 Å². The first kappa shape index (κ1) is 22.1. The summed E-state index contributed by atoms with van der Waals surface area (Å²) in [5.74, 6) is -1.51. The average Bonchev–Trinajstić information content (AvgIpc) is 3.14. The summed E-state index contributed by atoms with van der Waals surface area (Å²) in [5.41, 5.74) is 11.6. The number of nitrogens with two attached hydrogens (primary N) is 1. The van der Waals surface area contributed by atoms with Crippen LogP contribution in [0.5, 0.6) is 5.75 Å². The second-order valence-corrected chi connectivity index (χ2v) is 8.04. The first-order valence-electron chi connectivity index (χ1n) is 10.7. The van der Waals surface area contributed by atoms with Gasteiger partial charge in [-0.1, -0.05) is 18.2 Å². The van der Waals surface area contributed by atoms with Crippen molar-refractivity contribution in [2.75, 3.05) is 11.4 Å².